The monoisotopic (exact) mass is 391 g/mol. The van der Waals surface area contributed by atoms with Gasteiger partial charge in [0, 0.05) is 11.6 Å². The Morgan fingerprint density at radius 1 is 1.00 bits per heavy atom. The van der Waals surface area contributed by atoms with E-state index in [9.17, 15) is 4.79 Å². The summed E-state index contributed by atoms with van der Waals surface area (Å²) in [6, 6.07) is 12.6. The molecule has 2 aromatic rings. The van der Waals surface area contributed by atoms with E-state index in [2.05, 4.69) is 5.32 Å². The fraction of sp³-hybridized carbons (Fsp3) is 0.381. The van der Waals surface area contributed by atoms with E-state index in [-0.39, 0.29) is 5.91 Å². The first-order valence-corrected chi connectivity index (χ1v) is 9.53. The third kappa shape index (κ3) is 6.36. The molecule has 5 nitrogen and oxygen atoms in total. The van der Waals surface area contributed by atoms with Crippen LogP contribution in [-0.2, 0) is 11.3 Å². The lowest BCUT2D eigenvalue weighted by Gasteiger charge is -2.18. The molecular weight excluding hydrogens is 366 g/mol. The van der Waals surface area contributed by atoms with Gasteiger partial charge in [-0.3, -0.25) is 4.79 Å². The van der Waals surface area contributed by atoms with Gasteiger partial charge in [0.05, 0.1) is 13.2 Å². The van der Waals surface area contributed by atoms with E-state index in [0.29, 0.717) is 48.5 Å². The van der Waals surface area contributed by atoms with E-state index in [1.807, 2.05) is 39.0 Å². The molecule has 0 unspecified atom stereocenters. The Bertz CT molecular complexity index is 733. The zero-order valence-corrected chi connectivity index (χ0v) is 16.7. The maximum Gasteiger partial charge on any atom is 0.261 e. The van der Waals surface area contributed by atoms with E-state index >= 15 is 0 Å². The van der Waals surface area contributed by atoms with Gasteiger partial charge in [0.15, 0.2) is 17.6 Å². The van der Waals surface area contributed by atoms with Crippen molar-refractivity contribution in [3.05, 3.63) is 53.1 Å². The Labute approximate surface area is 165 Å². The number of hydrogen-bond acceptors (Lipinski definition) is 4. The smallest absolute Gasteiger partial charge is 0.261 e. The van der Waals surface area contributed by atoms with Gasteiger partial charge < -0.3 is 19.5 Å². The molecule has 0 aliphatic rings. The first-order chi connectivity index (χ1) is 13.1. The second-order valence-electron chi connectivity index (χ2n) is 5.83. The quantitative estimate of drug-likeness (QED) is 0.642. The Kier molecular flexibility index (Phi) is 8.27. The Morgan fingerprint density at radius 3 is 2.30 bits per heavy atom. The number of carbonyl (C=O) groups is 1. The lowest BCUT2D eigenvalue weighted by molar-refractivity contribution is -0.128. The van der Waals surface area contributed by atoms with Crippen LogP contribution in [0, 0.1) is 0 Å². The van der Waals surface area contributed by atoms with E-state index in [0.717, 1.165) is 5.56 Å². The Hall–Kier alpha value is -2.40. The van der Waals surface area contributed by atoms with Gasteiger partial charge in [-0.05, 0) is 62.2 Å². The fourth-order valence-electron chi connectivity index (χ4n) is 2.51. The van der Waals surface area contributed by atoms with Crippen LogP contribution in [0.5, 0.6) is 17.2 Å². The highest BCUT2D eigenvalue weighted by atomic mass is 35.5. The molecule has 0 aliphatic carbocycles. The lowest BCUT2D eigenvalue weighted by atomic mass is 10.2. The van der Waals surface area contributed by atoms with Crippen LogP contribution in [0.4, 0.5) is 0 Å². The number of halogens is 1. The molecule has 0 aromatic heterocycles. The molecule has 6 heteroatoms. The number of nitrogens with one attached hydrogen (secondary N) is 1. The van der Waals surface area contributed by atoms with Crippen LogP contribution in [0.1, 0.15) is 32.8 Å². The average Bonchev–Trinajstić information content (AvgIpc) is 2.67. The zero-order chi connectivity index (χ0) is 19.6. The van der Waals surface area contributed by atoms with Crippen molar-refractivity contribution in [2.45, 2.75) is 39.8 Å². The van der Waals surface area contributed by atoms with Crippen molar-refractivity contribution in [1.29, 1.82) is 0 Å². The molecule has 0 bridgehead atoms. The SMILES string of the molecule is CCOc1ccc(CNC(=O)[C@H](CC)Oc2ccc(Cl)cc2)cc1OCC. The van der Waals surface area contributed by atoms with E-state index in [4.69, 9.17) is 25.8 Å². The average molecular weight is 392 g/mol. The molecule has 2 rings (SSSR count). The van der Waals surface area contributed by atoms with Crippen LogP contribution in [0.3, 0.4) is 0 Å². The third-order valence-corrected chi connectivity index (χ3v) is 4.08. The molecule has 0 heterocycles. The Balaban J connectivity index is 1.98. The molecule has 1 atom stereocenters. The van der Waals surface area contributed by atoms with Gasteiger partial charge in [-0.25, -0.2) is 0 Å². The molecule has 0 saturated heterocycles. The summed E-state index contributed by atoms with van der Waals surface area (Å²) in [5, 5.41) is 3.54. The van der Waals surface area contributed by atoms with Crippen LogP contribution < -0.4 is 19.5 Å². The van der Waals surface area contributed by atoms with Crippen molar-refractivity contribution >= 4 is 17.5 Å². The second kappa shape index (κ2) is 10.7. The molecule has 2 aromatic carbocycles. The van der Waals surface area contributed by atoms with Crippen molar-refractivity contribution in [3.63, 3.8) is 0 Å². The van der Waals surface area contributed by atoms with Gasteiger partial charge in [-0.15, -0.1) is 0 Å². The summed E-state index contributed by atoms with van der Waals surface area (Å²) in [6.45, 7) is 7.24. The minimum atomic E-state index is -0.569. The fourth-order valence-corrected chi connectivity index (χ4v) is 2.63. The molecule has 0 spiro atoms. The molecule has 0 fully saturated rings. The van der Waals surface area contributed by atoms with Crippen molar-refractivity contribution < 1.29 is 19.0 Å². The second-order valence-corrected chi connectivity index (χ2v) is 6.27. The normalized spacial score (nSPS) is 11.6. The molecule has 27 heavy (non-hydrogen) atoms. The van der Waals surface area contributed by atoms with Crippen LogP contribution in [0.15, 0.2) is 42.5 Å². The van der Waals surface area contributed by atoms with Gasteiger partial charge in [-0.1, -0.05) is 24.6 Å². The third-order valence-electron chi connectivity index (χ3n) is 3.83. The number of amides is 1. The summed E-state index contributed by atoms with van der Waals surface area (Å²) in [5.74, 6) is 1.82. The predicted octanol–water partition coefficient (Wildman–Crippen LogP) is 4.61. The summed E-state index contributed by atoms with van der Waals surface area (Å²) in [4.78, 5) is 12.5. The Morgan fingerprint density at radius 2 is 1.67 bits per heavy atom. The highest BCUT2D eigenvalue weighted by Gasteiger charge is 2.18. The molecule has 1 amide bonds. The zero-order valence-electron chi connectivity index (χ0n) is 16.0. The minimum Gasteiger partial charge on any atom is -0.490 e. The van der Waals surface area contributed by atoms with Crippen LogP contribution in [0.25, 0.3) is 0 Å². The molecule has 146 valence electrons. The maximum atomic E-state index is 12.5. The standard InChI is InChI=1S/C21H26ClNO4/c1-4-18(27-17-10-8-16(22)9-11-17)21(24)23-14-15-7-12-19(25-5-2)20(13-15)26-6-3/h7-13,18H,4-6,14H2,1-3H3,(H,23,24)/t18-/m0/s1. The van der Waals surface area contributed by atoms with Gasteiger partial charge in [-0.2, -0.15) is 0 Å². The molecule has 0 aliphatic heterocycles. The van der Waals surface area contributed by atoms with Gasteiger partial charge in [0.25, 0.3) is 5.91 Å². The maximum absolute atomic E-state index is 12.5. The highest BCUT2D eigenvalue weighted by Crippen LogP contribution is 2.28. The van der Waals surface area contributed by atoms with Gasteiger partial charge >= 0.3 is 0 Å². The first-order valence-electron chi connectivity index (χ1n) is 9.15. The van der Waals surface area contributed by atoms with Crippen LogP contribution in [0.2, 0.25) is 5.02 Å². The van der Waals surface area contributed by atoms with Gasteiger partial charge in [0.1, 0.15) is 5.75 Å². The van der Waals surface area contributed by atoms with Crippen LogP contribution >= 0.6 is 11.6 Å². The number of carbonyl (C=O) groups excluding carboxylic acids is 1. The molecule has 0 radical (unpaired) electrons. The van der Waals surface area contributed by atoms with Crippen molar-refractivity contribution in [2.24, 2.45) is 0 Å². The van der Waals surface area contributed by atoms with Crippen molar-refractivity contribution in [2.75, 3.05) is 13.2 Å². The van der Waals surface area contributed by atoms with E-state index in [1.165, 1.54) is 0 Å². The highest BCUT2D eigenvalue weighted by molar-refractivity contribution is 6.30. The lowest BCUT2D eigenvalue weighted by Crippen LogP contribution is -2.37. The molecule has 1 N–H and O–H groups in total. The van der Waals surface area contributed by atoms with Gasteiger partial charge in [0.2, 0.25) is 0 Å². The molecular formula is C21H26ClNO4. The number of benzene rings is 2. The number of hydrogen-bond donors (Lipinski definition) is 1. The van der Waals surface area contributed by atoms with E-state index in [1.54, 1.807) is 24.3 Å². The minimum absolute atomic E-state index is 0.167. The van der Waals surface area contributed by atoms with Crippen molar-refractivity contribution in [1.82, 2.24) is 5.32 Å². The summed E-state index contributed by atoms with van der Waals surface area (Å²) in [5.41, 5.74) is 0.927. The summed E-state index contributed by atoms with van der Waals surface area (Å²) in [7, 11) is 0. The number of ether oxygens (including phenoxy) is 3. The molecule has 0 saturated carbocycles. The summed E-state index contributed by atoms with van der Waals surface area (Å²) >= 11 is 5.87. The topological polar surface area (TPSA) is 56.8 Å². The van der Waals surface area contributed by atoms with Crippen molar-refractivity contribution in [3.8, 4) is 17.2 Å². The predicted molar refractivity (Wildman–Crippen MR) is 107 cm³/mol. The summed E-state index contributed by atoms with van der Waals surface area (Å²) < 4.78 is 16.9. The largest absolute Gasteiger partial charge is 0.490 e. The number of rotatable bonds is 10. The van der Waals surface area contributed by atoms with E-state index < -0.39 is 6.10 Å². The first kappa shape index (κ1) is 20.9. The summed E-state index contributed by atoms with van der Waals surface area (Å²) in [6.07, 6.45) is -0.0118. The van der Waals surface area contributed by atoms with Crippen LogP contribution in [-0.4, -0.2) is 25.2 Å².